The quantitative estimate of drug-likeness (QED) is 0.747. The van der Waals surface area contributed by atoms with Crippen molar-refractivity contribution in [3.63, 3.8) is 0 Å². The summed E-state index contributed by atoms with van der Waals surface area (Å²) in [6, 6.07) is 21.7. The first-order chi connectivity index (χ1) is 12.7. The third-order valence-corrected chi connectivity index (χ3v) is 4.46. The first kappa shape index (κ1) is 16.0. The van der Waals surface area contributed by atoms with Gasteiger partial charge in [0.1, 0.15) is 17.7 Å². The van der Waals surface area contributed by atoms with Crippen molar-refractivity contribution >= 4 is 17.3 Å². The van der Waals surface area contributed by atoms with Crippen LogP contribution in [-0.4, -0.2) is 18.1 Å². The molecular weight excluding hydrogens is 328 g/mol. The Morgan fingerprint density at radius 1 is 1.00 bits per heavy atom. The second kappa shape index (κ2) is 6.44. The minimum absolute atomic E-state index is 0.0992. The van der Waals surface area contributed by atoms with Crippen LogP contribution < -0.4 is 15.0 Å². The molecule has 5 heteroatoms. The highest BCUT2D eigenvalue weighted by Gasteiger charge is 2.34. The molecule has 3 aromatic carbocycles. The van der Waals surface area contributed by atoms with Gasteiger partial charge in [-0.1, -0.05) is 24.3 Å². The van der Waals surface area contributed by atoms with Gasteiger partial charge >= 0.3 is 0 Å². The molecule has 0 saturated heterocycles. The summed E-state index contributed by atoms with van der Waals surface area (Å²) in [4.78, 5) is 14.9. The molecule has 1 aliphatic rings. The molecule has 1 heterocycles. The van der Waals surface area contributed by atoms with Crippen LogP contribution in [0.25, 0.3) is 0 Å². The molecule has 0 saturated carbocycles. The Morgan fingerprint density at radius 3 is 2.50 bits per heavy atom. The van der Waals surface area contributed by atoms with Crippen molar-refractivity contribution in [2.75, 3.05) is 17.3 Å². The Balaban J connectivity index is 1.84. The van der Waals surface area contributed by atoms with Crippen molar-refractivity contribution in [3.05, 3.63) is 83.9 Å². The lowest BCUT2D eigenvalue weighted by Gasteiger charge is -2.38. The van der Waals surface area contributed by atoms with E-state index in [1.807, 2.05) is 48.5 Å². The number of amides is 1. The molecular formula is C21H18N2O3. The zero-order valence-corrected chi connectivity index (χ0v) is 14.2. The van der Waals surface area contributed by atoms with Gasteiger partial charge in [-0.25, -0.2) is 0 Å². The number of fused-ring (bicyclic) bond motifs is 1. The molecule has 1 aliphatic heterocycles. The Hall–Kier alpha value is -3.47. The number of hydrogen-bond donors (Lipinski definition) is 2. The number of para-hydroxylation sites is 1. The lowest BCUT2D eigenvalue weighted by molar-refractivity contribution is 0.0975. The molecule has 2 N–H and O–H groups in total. The lowest BCUT2D eigenvalue weighted by atomic mass is 10.0. The van der Waals surface area contributed by atoms with Crippen LogP contribution in [0, 0.1) is 0 Å². The van der Waals surface area contributed by atoms with E-state index in [1.165, 1.54) is 0 Å². The van der Waals surface area contributed by atoms with Gasteiger partial charge in [0.25, 0.3) is 5.91 Å². The number of ether oxygens (including phenoxy) is 1. The highest BCUT2D eigenvalue weighted by molar-refractivity contribution is 6.12. The molecule has 0 spiro atoms. The highest BCUT2D eigenvalue weighted by Crippen LogP contribution is 2.37. The molecule has 0 fully saturated rings. The molecule has 1 amide bonds. The highest BCUT2D eigenvalue weighted by atomic mass is 16.5. The third kappa shape index (κ3) is 2.73. The fourth-order valence-corrected chi connectivity index (χ4v) is 3.19. The van der Waals surface area contributed by atoms with Gasteiger partial charge in [0.2, 0.25) is 0 Å². The average Bonchev–Trinajstić information content (AvgIpc) is 2.68. The van der Waals surface area contributed by atoms with Crippen LogP contribution in [0.4, 0.5) is 11.4 Å². The van der Waals surface area contributed by atoms with Crippen LogP contribution in [0.1, 0.15) is 22.1 Å². The predicted molar refractivity (Wildman–Crippen MR) is 101 cm³/mol. The number of phenols is 1. The van der Waals surface area contributed by atoms with E-state index in [1.54, 1.807) is 36.3 Å². The van der Waals surface area contributed by atoms with Crippen molar-refractivity contribution in [2.45, 2.75) is 6.17 Å². The molecule has 5 nitrogen and oxygen atoms in total. The summed E-state index contributed by atoms with van der Waals surface area (Å²) >= 11 is 0. The average molecular weight is 346 g/mol. The number of phenolic OH excluding ortho intramolecular Hbond substituents is 1. The topological polar surface area (TPSA) is 61.8 Å². The number of methoxy groups -OCH3 is 1. The van der Waals surface area contributed by atoms with Crippen molar-refractivity contribution in [2.24, 2.45) is 0 Å². The van der Waals surface area contributed by atoms with Crippen molar-refractivity contribution in [3.8, 4) is 11.5 Å². The van der Waals surface area contributed by atoms with Gasteiger partial charge in [-0.2, -0.15) is 0 Å². The lowest BCUT2D eigenvalue weighted by Crippen LogP contribution is -2.43. The van der Waals surface area contributed by atoms with E-state index in [2.05, 4.69) is 5.32 Å². The van der Waals surface area contributed by atoms with Gasteiger partial charge in [-0.3, -0.25) is 9.69 Å². The summed E-state index contributed by atoms with van der Waals surface area (Å²) < 4.78 is 5.21. The van der Waals surface area contributed by atoms with Crippen molar-refractivity contribution in [1.82, 2.24) is 0 Å². The van der Waals surface area contributed by atoms with Crippen LogP contribution in [0.3, 0.4) is 0 Å². The summed E-state index contributed by atoms with van der Waals surface area (Å²) in [6.45, 7) is 0. The van der Waals surface area contributed by atoms with Gasteiger partial charge in [0.15, 0.2) is 0 Å². The minimum atomic E-state index is -0.433. The molecule has 0 aliphatic carbocycles. The van der Waals surface area contributed by atoms with E-state index in [0.717, 1.165) is 22.7 Å². The SMILES string of the molecule is COc1ccc(N2C(=O)c3ccccc3N[C@@H]2c2cccc(O)c2)cc1. The molecule has 0 bridgehead atoms. The Morgan fingerprint density at radius 2 is 1.77 bits per heavy atom. The maximum Gasteiger partial charge on any atom is 0.262 e. The number of rotatable bonds is 3. The fraction of sp³-hybridized carbons (Fsp3) is 0.0952. The smallest absolute Gasteiger partial charge is 0.262 e. The van der Waals surface area contributed by atoms with Crippen LogP contribution in [0.2, 0.25) is 0 Å². The molecule has 3 aromatic rings. The predicted octanol–water partition coefficient (Wildman–Crippen LogP) is 4.17. The summed E-state index contributed by atoms with van der Waals surface area (Å²) in [6.07, 6.45) is -0.433. The first-order valence-electron chi connectivity index (χ1n) is 8.29. The van der Waals surface area contributed by atoms with E-state index < -0.39 is 6.17 Å². The summed E-state index contributed by atoms with van der Waals surface area (Å²) in [7, 11) is 1.61. The van der Waals surface area contributed by atoms with Crippen molar-refractivity contribution in [1.29, 1.82) is 0 Å². The van der Waals surface area contributed by atoms with Gasteiger partial charge in [0, 0.05) is 11.4 Å². The van der Waals surface area contributed by atoms with E-state index >= 15 is 0 Å². The van der Waals surface area contributed by atoms with E-state index in [0.29, 0.717) is 5.56 Å². The first-order valence-corrected chi connectivity index (χ1v) is 8.29. The standard InChI is InChI=1S/C21H18N2O3/c1-26-17-11-9-15(10-12-17)23-20(14-5-4-6-16(24)13-14)22-19-8-3-2-7-18(19)21(23)25/h2-13,20,22,24H,1H3/t20-/m0/s1. The monoisotopic (exact) mass is 346 g/mol. The van der Waals surface area contributed by atoms with Crippen LogP contribution in [0.5, 0.6) is 11.5 Å². The molecule has 1 atom stereocenters. The zero-order chi connectivity index (χ0) is 18.1. The molecule has 0 aromatic heterocycles. The molecule has 0 unspecified atom stereocenters. The largest absolute Gasteiger partial charge is 0.508 e. The normalized spacial score (nSPS) is 16.0. The number of nitrogens with one attached hydrogen (secondary N) is 1. The number of nitrogens with zero attached hydrogens (tertiary/aromatic N) is 1. The van der Waals surface area contributed by atoms with E-state index in [4.69, 9.17) is 4.74 Å². The zero-order valence-electron chi connectivity index (χ0n) is 14.2. The van der Waals surface area contributed by atoms with Crippen LogP contribution >= 0.6 is 0 Å². The Bertz CT molecular complexity index is 953. The Kier molecular flexibility index (Phi) is 3.97. The second-order valence-corrected chi connectivity index (χ2v) is 6.06. The summed E-state index contributed by atoms with van der Waals surface area (Å²) in [5.74, 6) is 0.781. The number of anilines is 2. The third-order valence-electron chi connectivity index (χ3n) is 4.46. The number of carbonyl (C=O) groups is 1. The second-order valence-electron chi connectivity index (χ2n) is 6.06. The molecule has 26 heavy (non-hydrogen) atoms. The van der Waals surface area contributed by atoms with E-state index in [9.17, 15) is 9.90 Å². The number of carbonyl (C=O) groups excluding carboxylic acids is 1. The van der Waals surface area contributed by atoms with Gasteiger partial charge < -0.3 is 15.2 Å². The number of hydrogen-bond acceptors (Lipinski definition) is 4. The number of aromatic hydroxyl groups is 1. The molecule has 0 radical (unpaired) electrons. The van der Waals surface area contributed by atoms with Gasteiger partial charge in [-0.05, 0) is 54.1 Å². The van der Waals surface area contributed by atoms with Crippen molar-refractivity contribution < 1.29 is 14.6 Å². The summed E-state index contributed by atoms with van der Waals surface area (Å²) in [5.41, 5.74) is 2.92. The molecule has 4 rings (SSSR count). The maximum absolute atomic E-state index is 13.2. The van der Waals surface area contributed by atoms with E-state index in [-0.39, 0.29) is 11.7 Å². The summed E-state index contributed by atoms with van der Waals surface area (Å²) in [5, 5.41) is 13.3. The Labute approximate surface area is 151 Å². The molecule has 130 valence electrons. The van der Waals surface area contributed by atoms with Gasteiger partial charge in [0.05, 0.1) is 12.7 Å². The van der Waals surface area contributed by atoms with Crippen LogP contribution in [0.15, 0.2) is 72.8 Å². The minimum Gasteiger partial charge on any atom is -0.508 e. The van der Waals surface area contributed by atoms with Gasteiger partial charge in [-0.15, -0.1) is 0 Å². The fourth-order valence-electron chi connectivity index (χ4n) is 3.19. The number of benzene rings is 3. The van der Waals surface area contributed by atoms with Crippen LogP contribution in [-0.2, 0) is 0 Å². The maximum atomic E-state index is 13.2.